The van der Waals surface area contributed by atoms with E-state index in [1.54, 1.807) is 24.3 Å². The van der Waals surface area contributed by atoms with Gasteiger partial charge in [0.25, 0.3) is 0 Å². The van der Waals surface area contributed by atoms with Gasteiger partial charge in [-0.25, -0.2) is 4.79 Å². The maximum atomic E-state index is 12.2. The summed E-state index contributed by atoms with van der Waals surface area (Å²) in [4.78, 5) is 36.7. The lowest BCUT2D eigenvalue weighted by molar-refractivity contribution is -0.152. The number of carboxylic acids is 1. The molecule has 1 aliphatic rings. The molecule has 1 N–H and O–H groups in total. The number of carbonyl (C=O) groups excluding carboxylic acids is 2. The highest BCUT2D eigenvalue weighted by Gasteiger charge is 2.31. The van der Waals surface area contributed by atoms with Crippen molar-refractivity contribution < 1.29 is 19.5 Å². The van der Waals surface area contributed by atoms with Gasteiger partial charge in [-0.2, -0.15) is 0 Å². The summed E-state index contributed by atoms with van der Waals surface area (Å²) in [5, 5.41) is 9.15. The summed E-state index contributed by atoms with van der Waals surface area (Å²) in [6.45, 7) is 0.468. The first-order chi connectivity index (χ1) is 10.1. The van der Waals surface area contributed by atoms with Crippen LogP contribution in [0, 0.1) is 0 Å². The number of Topliss-reactive ketones (excluding diaryl/α,β-unsaturated/α-hetero) is 1. The first-order valence-corrected chi connectivity index (χ1v) is 7.20. The molecular formula is C16H19NO4. The number of nitrogens with zero attached hydrogens (tertiary/aromatic N) is 1. The van der Waals surface area contributed by atoms with Crippen molar-refractivity contribution in [2.24, 2.45) is 0 Å². The van der Waals surface area contributed by atoms with Gasteiger partial charge in [-0.3, -0.25) is 9.59 Å². The van der Waals surface area contributed by atoms with E-state index in [2.05, 4.69) is 0 Å². The average molecular weight is 289 g/mol. The van der Waals surface area contributed by atoms with Gasteiger partial charge in [-0.05, 0) is 19.3 Å². The third kappa shape index (κ3) is 3.90. The molecule has 0 saturated carbocycles. The SMILES string of the molecule is O=C(CCC(=O)N1CCCC[C@@H]1C(=O)O)c1ccccc1. The fourth-order valence-corrected chi connectivity index (χ4v) is 2.62. The molecule has 5 nitrogen and oxygen atoms in total. The van der Waals surface area contributed by atoms with Crippen LogP contribution in [0.4, 0.5) is 0 Å². The number of benzene rings is 1. The lowest BCUT2D eigenvalue weighted by atomic mass is 10.0. The first-order valence-electron chi connectivity index (χ1n) is 7.20. The smallest absolute Gasteiger partial charge is 0.326 e. The molecule has 5 heteroatoms. The summed E-state index contributed by atoms with van der Waals surface area (Å²) < 4.78 is 0. The second-order valence-corrected chi connectivity index (χ2v) is 5.23. The lowest BCUT2D eigenvalue weighted by Crippen LogP contribution is -2.48. The van der Waals surface area contributed by atoms with Crippen molar-refractivity contribution in [1.82, 2.24) is 4.90 Å². The van der Waals surface area contributed by atoms with Crippen LogP contribution in [0.2, 0.25) is 0 Å². The van der Waals surface area contributed by atoms with Crippen LogP contribution < -0.4 is 0 Å². The summed E-state index contributed by atoms with van der Waals surface area (Å²) >= 11 is 0. The molecule has 1 aromatic rings. The minimum Gasteiger partial charge on any atom is -0.480 e. The van der Waals surface area contributed by atoms with Gasteiger partial charge in [0, 0.05) is 24.9 Å². The van der Waals surface area contributed by atoms with E-state index in [1.165, 1.54) is 4.90 Å². The molecule has 112 valence electrons. The molecule has 0 aliphatic carbocycles. The zero-order chi connectivity index (χ0) is 15.2. The topological polar surface area (TPSA) is 74.7 Å². The van der Waals surface area contributed by atoms with Crippen LogP contribution in [0.25, 0.3) is 0 Å². The van der Waals surface area contributed by atoms with Crippen LogP contribution in [-0.4, -0.2) is 40.3 Å². The van der Waals surface area contributed by atoms with E-state index >= 15 is 0 Å². The average Bonchev–Trinajstić information content (AvgIpc) is 2.53. The fourth-order valence-electron chi connectivity index (χ4n) is 2.62. The summed E-state index contributed by atoms with van der Waals surface area (Å²) in [7, 11) is 0. The molecule has 0 unspecified atom stereocenters. The monoisotopic (exact) mass is 289 g/mol. The Kier molecular flexibility index (Phi) is 5.09. The molecule has 1 fully saturated rings. The number of piperidine rings is 1. The number of amides is 1. The highest BCUT2D eigenvalue weighted by atomic mass is 16.4. The van der Waals surface area contributed by atoms with Gasteiger partial charge in [0.1, 0.15) is 6.04 Å². The number of ketones is 1. The van der Waals surface area contributed by atoms with Crippen molar-refractivity contribution in [3.8, 4) is 0 Å². The van der Waals surface area contributed by atoms with Crippen molar-refractivity contribution in [1.29, 1.82) is 0 Å². The molecule has 0 spiro atoms. The van der Waals surface area contributed by atoms with Crippen LogP contribution in [-0.2, 0) is 9.59 Å². The van der Waals surface area contributed by atoms with Gasteiger partial charge in [-0.1, -0.05) is 30.3 Å². The Morgan fingerprint density at radius 1 is 1.10 bits per heavy atom. The molecule has 1 atom stereocenters. The molecule has 0 radical (unpaired) electrons. The van der Waals surface area contributed by atoms with E-state index in [-0.39, 0.29) is 24.5 Å². The highest BCUT2D eigenvalue weighted by Crippen LogP contribution is 2.19. The van der Waals surface area contributed by atoms with Crippen LogP contribution in [0.15, 0.2) is 30.3 Å². The summed E-state index contributed by atoms with van der Waals surface area (Å²) in [6, 6.07) is 8.08. The molecule has 1 heterocycles. The Hall–Kier alpha value is -2.17. The van der Waals surface area contributed by atoms with E-state index in [0.717, 1.165) is 12.8 Å². The summed E-state index contributed by atoms with van der Waals surface area (Å²) in [6.07, 6.45) is 2.32. The second kappa shape index (κ2) is 7.02. The Bertz CT molecular complexity index is 526. The van der Waals surface area contributed by atoms with Crippen molar-refractivity contribution in [2.45, 2.75) is 38.1 Å². The largest absolute Gasteiger partial charge is 0.480 e. The van der Waals surface area contributed by atoms with E-state index in [9.17, 15) is 14.4 Å². The van der Waals surface area contributed by atoms with Crippen LogP contribution >= 0.6 is 0 Å². The van der Waals surface area contributed by atoms with E-state index in [4.69, 9.17) is 5.11 Å². The minimum absolute atomic E-state index is 0.0670. The zero-order valence-electron chi connectivity index (χ0n) is 11.8. The predicted octanol–water partition coefficient (Wildman–Crippen LogP) is 2.12. The highest BCUT2D eigenvalue weighted by molar-refractivity contribution is 5.98. The molecule has 0 aromatic heterocycles. The third-order valence-electron chi connectivity index (χ3n) is 3.77. The van der Waals surface area contributed by atoms with Crippen molar-refractivity contribution in [2.75, 3.05) is 6.54 Å². The third-order valence-corrected chi connectivity index (χ3v) is 3.77. The Morgan fingerprint density at radius 2 is 1.81 bits per heavy atom. The maximum absolute atomic E-state index is 12.2. The van der Waals surface area contributed by atoms with Crippen molar-refractivity contribution in [3.05, 3.63) is 35.9 Å². The number of rotatable bonds is 5. The zero-order valence-corrected chi connectivity index (χ0v) is 11.8. The van der Waals surface area contributed by atoms with Gasteiger partial charge >= 0.3 is 5.97 Å². The fraction of sp³-hybridized carbons (Fsp3) is 0.438. The molecule has 1 aliphatic heterocycles. The number of likely N-dealkylation sites (tertiary alicyclic amines) is 1. The first kappa shape index (κ1) is 15.2. The Morgan fingerprint density at radius 3 is 2.48 bits per heavy atom. The molecular weight excluding hydrogens is 270 g/mol. The van der Waals surface area contributed by atoms with Crippen LogP contribution in [0.1, 0.15) is 42.5 Å². The van der Waals surface area contributed by atoms with Crippen LogP contribution in [0.3, 0.4) is 0 Å². The summed E-state index contributed by atoms with van der Waals surface area (Å²) in [5.41, 5.74) is 0.582. The Balaban J connectivity index is 1.92. The van der Waals surface area contributed by atoms with Crippen molar-refractivity contribution >= 4 is 17.7 Å². The van der Waals surface area contributed by atoms with Gasteiger partial charge < -0.3 is 10.0 Å². The maximum Gasteiger partial charge on any atom is 0.326 e. The van der Waals surface area contributed by atoms with Crippen molar-refractivity contribution in [3.63, 3.8) is 0 Å². The van der Waals surface area contributed by atoms with E-state index in [1.807, 2.05) is 6.07 Å². The minimum atomic E-state index is -0.961. The summed E-state index contributed by atoms with van der Waals surface area (Å²) in [5.74, 6) is -1.29. The van der Waals surface area contributed by atoms with E-state index in [0.29, 0.717) is 18.5 Å². The molecule has 1 aromatic carbocycles. The van der Waals surface area contributed by atoms with Gasteiger partial charge in [0.15, 0.2) is 5.78 Å². The molecule has 1 saturated heterocycles. The number of aliphatic carboxylic acids is 1. The quantitative estimate of drug-likeness (QED) is 0.842. The number of hydrogen-bond acceptors (Lipinski definition) is 3. The number of carboxylic acid groups (broad SMARTS) is 1. The van der Waals surface area contributed by atoms with Gasteiger partial charge in [-0.15, -0.1) is 0 Å². The normalized spacial score (nSPS) is 18.3. The van der Waals surface area contributed by atoms with E-state index < -0.39 is 12.0 Å². The Labute approximate surface area is 123 Å². The van der Waals surface area contributed by atoms with Gasteiger partial charge in [0.2, 0.25) is 5.91 Å². The molecule has 21 heavy (non-hydrogen) atoms. The predicted molar refractivity (Wildman–Crippen MR) is 77.0 cm³/mol. The number of hydrogen-bond donors (Lipinski definition) is 1. The van der Waals surface area contributed by atoms with Gasteiger partial charge in [0.05, 0.1) is 0 Å². The molecule has 2 rings (SSSR count). The second-order valence-electron chi connectivity index (χ2n) is 5.23. The standard InChI is InChI=1S/C16H19NO4/c18-14(12-6-2-1-3-7-12)9-10-15(19)17-11-5-4-8-13(17)16(20)21/h1-3,6-7,13H,4-5,8-11H2,(H,20,21)/t13-/m1/s1. The lowest BCUT2D eigenvalue weighted by Gasteiger charge is -2.33. The number of carbonyl (C=O) groups is 3. The van der Waals surface area contributed by atoms with Crippen LogP contribution in [0.5, 0.6) is 0 Å². The molecule has 1 amide bonds. The molecule has 0 bridgehead atoms.